The van der Waals surface area contributed by atoms with Crippen molar-refractivity contribution in [2.75, 3.05) is 0 Å². The van der Waals surface area contributed by atoms with Gasteiger partial charge < -0.3 is 5.11 Å². The standard InChI is InChI=1S/C21H37NO2S/c1-2-3-4-5-6-7-8-9-10-11-12-13-14-15-16-20-22-19(18-25-20)17-21(23)24/h18H,2-17H2,1H3,(H,23,24). The fourth-order valence-electron chi connectivity index (χ4n) is 3.17. The van der Waals surface area contributed by atoms with Crippen LogP contribution in [0.5, 0.6) is 0 Å². The van der Waals surface area contributed by atoms with Crippen molar-refractivity contribution in [1.82, 2.24) is 4.98 Å². The van der Waals surface area contributed by atoms with E-state index in [4.69, 9.17) is 5.11 Å². The highest BCUT2D eigenvalue weighted by Crippen LogP contribution is 2.16. The molecule has 0 bridgehead atoms. The van der Waals surface area contributed by atoms with E-state index in [9.17, 15) is 4.79 Å². The van der Waals surface area contributed by atoms with E-state index in [-0.39, 0.29) is 6.42 Å². The van der Waals surface area contributed by atoms with Crippen LogP contribution >= 0.6 is 11.3 Å². The average Bonchev–Trinajstić information content (AvgIpc) is 3.01. The molecule has 3 nitrogen and oxygen atoms in total. The quantitative estimate of drug-likeness (QED) is 0.308. The Kier molecular flexibility index (Phi) is 13.6. The van der Waals surface area contributed by atoms with Crippen molar-refractivity contribution in [2.24, 2.45) is 0 Å². The van der Waals surface area contributed by atoms with Gasteiger partial charge in [-0.2, -0.15) is 0 Å². The first-order valence-electron chi connectivity index (χ1n) is 10.4. The van der Waals surface area contributed by atoms with Crippen LogP contribution < -0.4 is 0 Å². The summed E-state index contributed by atoms with van der Waals surface area (Å²) in [6, 6.07) is 0. The van der Waals surface area contributed by atoms with Gasteiger partial charge in [0.05, 0.1) is 17.1 Å². The molecule has 0 aliphatic carbocycles. The Hall–Kier alpha value is -0.900. The molecule has 1 N–H and O–H groups in total. The van der Waals surface area contributed by atoms with Gasteiger partial charge in [-0.05, 0) is 12.8 Å². The topological polar surface area (TPSA) is 50.2 Å². The molecule has 0 aliphatic heterocycles. The number of carboxylic acids is 1. The van der Waals surface area contributed by atoms with E-state index >= 15 is 0 Å². The Bertz CT molecular complexity index is 445. The van der Waals surface area contributed by atoms with Crippen LogP contribution in [0.1, 0.15) is 108 Å². The summed E-state index contributed by atoms with van der Waals surface area (Å²) in [7, 11) is 0. The smallest absolute Gasteiger partial charge is 0.309 e. The number of aryl methyl sites for hydroxylation is 1. The maximum Gasteiger partial charge on any atom is 0.309 e. The fourth-order valence-corrected chi connectivity index (χ4v) is 4.01. The number of hydrogen-bond acceptors (Lipinski definition) is 3. The molecule has 0 atom stereocenters. The number of aliphatic carboxylic acids is 1. The molecule has 0 amide bonds. The van der Waals surface area contributed by atoms with Crippen molar-refractivity contribution in [2.45, 2.75) is 110 Å². The predicted molar refractivity (Wildman–Crippen MR) is 107 cm³/mol. The van der Waals surface area contributed by atoms with E-state index in [1.165, 1.54) is 89.9 Å². The third kappa shape index (κ3) is 13.0. The largest absolute Gasteiger partial charge is 0.481 e. The summed E-state index contributed by atoms with van der Waals surface area (Å²) in [6.45, 7) is 2.28. The zero-order chi connectivity index (χ0) is 18.2. The average molecular weight is 368 g/mol. The third-order valence-corrected chi connectivity index (χ3v) is 5.63. The van der Waals surface area contributed by atoms with E-state index in [0.717, 1.165) is 11.4 Å². The molecule has 0 aromatic carbocycles. The molecular weight excluding hydrogens is 330 g/mol. The van der Waals surface area contributed by atoms with Crippen molar-refractivity contribution in [3.63, 3.8) is 0 Å². The molecule has 144 valence electrons. The van der Waals surface area contributed by atoms with Crippen LogP contribution in [0.2, 0.25) is 0 Å². The second-order valence-corrected chi connectivity index (χ2v) is 8.09. The minimum Gasteiger partial charge on any atom is -0.481 e. The van der Waals surface area contributed by atoms with Gasteiger partial charge in [0.15, 0.2) is 0 Å². The molecule has 1 heterocycles. The van der Waals surface area contributed by atoms with Gasteiger partial charge >= 0.3 is 5.97 Å². The summed E-state index contributed by atoms with van der Waals surface area (Å²) in [5, 5.41) is 11.7. The Morgan fingerprint density at radius 2 is 1.36 bits per heavy atom. The normalized spacial score (nSPS) is 11.1. The minimum absolute atomic E-state index is 0.0508. The van der Waals surface area contributed by atoms with Gasteiger partial charge in [0, 0.05) is 5.38 Å². The minimum atomic E-state index is -0.798. The molecule has 1 aromatic heterocycles. The van der Waals surface area contributed by atoms with Gasteiger partial charge in [0.2, 0.25) is 0 Å². The van der Waals surface area contributed by atoms with E-state index in [1.807, 2.05) is 5.38 Å². The van der Waals surface area contributed by atoms with Crippen LogP contribution in [-0.4, -0.2) is 16.1 Å². The van der Waals surface area contributed by atoms with Crippen LogP contribution in [0.25, 0.3) is 0 Å². The highest BCUT2D eigenvalue weighted by atomic mass is 32.1. The monoisotopic (exact) mass is 367 g/mol. The summed E-state index contributed by atoms with van der Waals surface area (Å²) < 4.78 is 0. The van der Waals surface area contributed by atoms with E-state index in [0.29, 0.717) is 5.69 Å². The van der Waals surface area contributed by atoms with Gasteiger partial charge in [0.25, 0.3) is 0 Å². The first-order valence-corrected chi connectivity index (χ1v) is 11.3. The Labute approximate surface area is 158 Å². The van der Waals surface area contributed by atoms with Gasteiger partial charge in [-0.3, -0.25) is 4.79 Å². The summed E-state index contributed by atoms with van der Waals surface area (Å²) in [5.41, 5.74) is 0.706. The van der Waals surface area contributed by atoms with E-state index in [1.54, 1.807) is 11.3 Å². The fraction of sp³-hybridized carbons (Fsp3) is 0.810. The molecule has 0 saturated heterocycles. The maximum absolute atomic E-state index is 10.6. The van der Waals surface area contributed by atoms with Crippen LogP contribution in [0.4, 0.5) is 0 Å². The van der Waals surface area contributed by atoms with Crippen LogP contribution in [0.3, 0.4) is 0 Å². The number of rotatable bonds is 17. The molecule has 1 aromatic rings. The van der Waals surface area contributed by atoms with Crippen molar-refractivity contribution < 1.29 is 9.90 Å². The number of carboxylic acid groups (broad SMARTS) is 1. The molecule has 0 unspecified atom stereocenters. The number of aromatic nitrogens is 1. The van der Waals surface area contributed by atoms with Crippen molar-refractivity contribution in [3.8, 4) is 0 Å². The Morgan fingerprint density at radius 1 is 0.880 bits per heavy atom. The lowest BCUT2D eigenvalue weighted by Crippen LogP contribution is -2.00. The zero-order valence-corrected chi connectivity index (χ0v) is 16.9. The SMILES string of the molecule is CCCCCCCCCCCCCCCCc1nc(CC(=O)O)cs1. The second kappa shape index (κ2) is 15.4. The molecule has 0 fully saturated rings. The van der Waals surface area contributed by atoms with E-state index < -0.39 is 5.97 Å². The lowest BCUT2D eigenvalue weighted by atomic mass is 10.0. The van der Waals surface area contributed by atoms with Crippen molar-refractivity contribution >= 4 is 17.3 Å². The first-order chi connectivity index (χ1) is 12.2. The van der Waals surface area contributed by atoms with Crippen LogP contribution in [0.15, 0.2) is 5.38 Å². The second-order valence-electron chi connectivity index (χ2n) is 7.15. The number of nitrogens with zero attached hydrogens (tertiary/aromatic N) is 1. The molecule has 0 saturated carbocycles. The summed E-state index contributed by atoms with van der Waals surface area (Å²) in [5.74, 6) is -0.798. The van der Waals surface area contributed by atoms with Crippen LogP contribution in [0, 0.1) is 0 Å². The van der Waals surface area contributed by atoms with Gasteiger partial charge in [-0.25, -0.2) is 4.98 Å². The summed E-state index contributed by atoms with van der Waals surface area (Å²) >= 11 is 1.60. The molecular formula is C21H37NO2S. The van der Waals surface area contributed by atoms with Crippen molar-refractivity contribution in [3.05, 3.63) is 16.1 Å². The molecule has 0 radical (unpaired) electrons. The first kappa shape index (κ1) is 22.1. The highest BCUT2D eigenvalue weighted by molar-refractivity contribution is 7.09. The Morgan fingerprint density at radius 3 is 1.84 bits per heavy atom. The summed E-state index contributed by atoms with van der Waals surface area (Å²) in [6.07, 6.45) is 20.3. The molecule has 1 rings (SSSR count). The number of hydrogen-bond donors (Lipinski definition) is 1. The Balaban J connectivity index is 1.83. The van der Waals surface area contributed by atoms with Crippen LogP contribution in [-0.2, 0) is 17.6 Å². The van der Waals surface area contributed by atoms with E-state index in [2.05, 4.69) is 11.9 Å². The molecule has 25 heavy (non-hydrogen) atoms. The molecule has 4 heteroatoms. The molecule has 0 spiro atoms. The van der Waals surface area contributed by atoms with Gasteiger partial charge in [-0.1, -0.05) is 90.4 Å². The van der Waals surface area contributed by atoms with Crippen molar-refractivity contribution in [1.29, 1.82) is 0 Å². The number of carbonyl (C=O) groups is 1. The number of unbranched alkanes of at least 4 members (excludes halogenated alkanes) is 13. The highest BCUT2D eigenvalue weighted by Gasteiger charge is 2.05. The lowest BCUT2D eigenvalue weighted by Gasteiger charge is -2.03. The lowest BCUT2D eigenvalue weighted by molar-refractivity contribution is -0.136. The van der Waals surface area contributed by atoms with Gasteiger partial charge in [0.1, 0.15) is 0 Å². The molecule has 0 aliphatic rings. The predicted octanol–water partition coefficient (Wildman–Crippen LogP) is 6.79. The van der Waals surface area contributed by atoms with Gasteiger partial charge in [-0.15, -0.1) is 11.3 Å². The maximum atomic E-state index is 10.6. The third-order valence-electron chi connectivity index (χ3n) is 4.68. The zero-order valence-electron chi connectivity index (χ0n) is 16.1. The summed E-state index contributed by atoms with van der Waals surface area (Å²) in [4.78, 5) is 15.0. The number of thiazole rings is 1.